The van der Waals surface area contributed by atoms with Gasteiger partial charge in [0.2, 0.25) is 0 Å². The fourth-order valence-electron chi connectivity index (χ4n) is 4.46. The Morgan fingerprint density at radius 1 is 1.00 bits per heavy atom. The summed E-state index contributed by atoms with van der Waals surface area (Å²) in [5, 5.41) is 7.58. The Kier molecular flexibility index (Phi) is 5.79. The Balaban J connectivity index is 2.42. The van der Waals surface area contributed by atoms with Crippen LogP contribution >= 0.6 is 7.60 Å². The molecule has 7 nitrogen and oxygen atoms in total. The number of hydrogen-bond donors (Lipinski definition) is 2. The average molecular weight is 401 g/mol. The van der Waals surface area contributed by atoms with Gasteiger partial charge in [-0.15, -0.1) is 5.10 Å². The van der Waals surface area contributed by atoms with Crippen LogP contribution in [0.2, 0.25) is 0 Å². The van der Waals surface area contributed by atoms with Gasteiger partial charge in [-0.2, -0.15) is 0 Å². The Bertz CT molecular complexity index is 706. The fraction of sp³-hybridized carbons (Fsp3) is 0.895. The van der Waals surface area contributed by atoms with Gasteiger partial charge in [-0.1, -0.05) is 67.5 Å². The van der Waals surface area contributed by atoms with E-state index in [0.29, 0.717) is 12.5 Å². The molecule has 27 heavy (non-hydrogen) atoms. The number of nitrogens with zero attached hydrogens (tertiary/aromatic N) is 3. The highest BCUT2D eigenvalue weighted by Crippen LogP contribution is 2.55. The van der Waals surface area contributed by atoms with E-state index in [2.05, 4.69) is 72.6 Å². The maximum Gasteiger partial charge on any atom is 0.377 e. The van der Waals surface area contributed by atoms with Gasteiger partial charge in [-0.25, -0.2) is 4.68 Å². The lowest BCUT2D eigenvalue weighted by atomic mass is 9.59. The molecule has 0 aliphatic carbocycles. The molecular weight excluding hydrogens is 365 g/mol. The van der Waals surface area contributed by atoms with Gasteiger partial charge in [-0.05, 0) is 28.1 Å². The summed E-state index contributed by atoms with van der Waals surface area (Å²) in [6, 6.07) is 0. The third kappa shape index (κ3) is 5.00. The van der Waals surface area contributed by atoms with Gasteiger partial charge in [0.15, 0.2) is 5.44 Å². The first-order valence-electron chi connectivity index (χ1n) is 9.54. The molecule has 1 fully saturated rings. The molecule has 1 aromatic rings. The normalized spacial score (nSPS) is 28.0. The largest absolute Gasteiger partial charge is 0.377 e. The topological polar surface area (TPSA) is 97.5 Å². The first kappa shape index (κ1) is 22.5. The third-order valence-corrected chi connectivity index (χ3v) is 6.28. The minimum atomic E-state index is -4.40. The van der Waals surface area contributed by atoms with Gasteiger partial charge in [0.25, 0.3) is 0 Å². The van der Waals surface area contributed by atoms with Crippen molar-refractivity contribution in [3.8, 4) is 0 Å². The number of ether oxygens (including phenoxy) is 1. The first-order valence-corrected chi connectivity index (χ1v) is 11.2. The van der Waals surface area contributed by atoms with Crippen molar-refractivity contribution < 1.29 is 19.1 Å². The molecule has 1 unspecified atom stereocenters. The lowest BCUT2D eigenvalue weighted by Crippen LogP contribution is -2.44. The van der Waals surface area contributed by atoms with E-state index >= 15 is 0 Å². The zero-order chi connectivity index (χ0) is 21.0. The van der Waals surface area contributed by atoms with Crippen LogP contribution in [0, 0.1) is 28.1 Å². The Morgan fingerprint density at radius 2 is 1.52 bits per heavy atom. The van der Waals surface area contributed by atoms with Crippen molar-refractivity contribution in [1.82, 2.24) is 15.0 Å². The van der Waals surface area contributed by atoms with Crippen LogP contribution in [0.3, 0.4) is 0 Å². The Hall–Kier alpha value is -0.750. The van der Waals surface area contributed by atoms with Crippen molar-refractivity contribution in [2.24, 2.45) is 28.1 Å². The molecule has 2 N–H and O–H groups in total. The molecule has 0 spiro atoms. The standard InChI is InChI=1S/C19H36N3O4P/c1-17(2,3)14-12(10-22-11-13(20-21-22)27(23,24)25)26-16(19(7,8)9)15(14)18(4,5)6/h11-12,14-16H,10H2,1-9H3,(H2,23,24,25)/t12-,14?,15+,16-/m1/s1. The van der Waals surface area contributed by atoms with Crippen LogP contribution in [0.4, 0.5) is 0 Å². The summed E-state index contributed by atoms with van der Waals surface area (Å²) in [4.78, 5) is 18.6. The minimum Gasteiger partial charge on any atom is -0.372 e. The predicted octanol–water partition coefficient (Wildman–Crippen LogP) is 3.22. The second-order valence-corrected chi connectivity index (χ2v) is 12.6. The zero-order valence-corrected chi connectivity index (χ0v) is 19.0. The van der Waals surface area contributed by atoms with Crippen LogP contribution in [0.5, 0.6) is 0 Å². The van der Waals surface area contributed by atoms with Crippen molar-refractivity contribution in [3.63, 3.8) is 0 Å². The fourth-order valence-corrected chi connectivity index (χ4v) is 4.90. The molecule has 0 radical (unpaired) electrons. The average Bonchev–Trinajstić information content (AvgIpc) is 3.00. The second-order valence-electron chi connectivity index (χ2n) is 11.1. The molecule has 0 amide bonds. The number of rotatable bonds is 3. The van der Waals surface area contributed by atoms with E-state index in [9.17, 15) is 14.4 Å². The lowest BCUT2D eigenvalue weighted by Gasteiger charge is -2.44. The van der Waals surface area contributed by atoms with Gasteiger partial charge < -0.3 is 14.5 Å². The van der Waals surface area contributed by atoms with Gasteiger partial charge in [0.1, 0.15) is 0 Å². The quantitative estimate of drug-likeness (QED) is 0.755. The SMILES string of the molecule is CC(C)(C)C1[C@@H](Cn2cc(P(=O)(O)O)nn2)O[C@@H](C(C)(C)C)[C@H]1C(C)(C)C. The summed E-state index contributed by atoms with van der Waals surface area (Å²) in [5.41, 5.74) is -0.248. The van der Waals surface area contributed by atoms with Gasteiger partial charge in [0, 0.05) is 0 Å². The summed E-state index contributed by atoms with van der Waals surface area (Å²) in [5.74, 6) is 0.608. The van der Waals surface area contributed by atoms with Crippen LogP contribution in [0.15, 0.2) is 6.20 Å². The minimum absolute atomic E-state index is 0.00920. The van der Waals surface area contributed by atoms with Crippen LogP contribution in [0.1, 0.15) is 62.3 Å². The second kappa shape index (κ2) is 6.94. The van der Waals surface area contributed by atoms with Gasteiger partial charge in [0.05, 0.1) is 24.9 Å². The van der Waals surface area contributed by atoms with E-state index in [4.69, 9.17) is 4.74 Å². The highest BCUT2D eigenvalue weighted by molar-refractivity contribution is 7.59. The molecule has 1 aliphatic heterocycles. The van der Waals surface area contributed by atoms with Crippen molar-refractivity contribution in [2.45, 2.75) is 81.1 Å². The van der Waals surface area contributed by atoms with E-state index in [1.165, 1.54) is 10.9 Å². The molecular formula is C19H36N3O4P. The van der Waals surface area contributed by atoms with E-state index < -0.39 is 7.60 Å². The van der Waals surface area contributed by atoms with Crippen molar-refractivity contribution >= 4 is 13.0 Å². The molecule has 156 valence electrons. The molecule has 1 aliphatic rings. The Labute approximate surface area is 163 Å². The van der Waals surface area contributed by atoms with Crippen LogP contribution < -0.4 is 5.44 Å². The van der Waals surface area contributed by atoms with Crippen LogP contribution in [-0.2, 0) is 15.8 Å². The molecule has 0 saturated carbocycles. The summed E-state index contributed by atoms with van der Waals surface area (Å²) < 4.78 is 19.5. The molecule has 0 aromatic carbocycles. The number of aromatic nitrogens is 3. The summed E-state index contributed by atoms with van der Waals surface area (Å²) in [7, 11) is -4.40. The Morgan fingerprint density at radius 3 is 1.89 bits per heavy atom. The van der Waals surface area contributed by atoms with Crippen LogP contribution in [0.25, 0.3) is 0 Å². The lowest BCUT2D eigenvalue weighted by molar-refractivity contribution is -0.0512. The molecule has 8 heteroatoms. The van der Waals surface area contributed by atoms with E-state index in [1.54, 1.807) is 0 Å². The molecule has 2 heterocycles. The van der Waals surface area contributed by atoms with E-state index in [1.807, 2.05) is 0 Å². The maximum atomic E-state index is 11.4. The molecule has 4 atom stereocenters. The van der Waals surface area contributed by atoms with Gasteiger partial charge in [-0.3, -0.25) is 4.57 Å². The smallest absolute Gasteiger partial charge is 0.372 e. The zero-order valence-electron chi connectivity index (χ0n) is 18.1. The van der Waals surface area contributed by atoms with E-state index in [-0.39, 0.29) is 39.8 Å². The molecule has 1 aromatic heterocycles. The molecule has 1 saturated heterocycles. The monoisotopic (exact) mass is 401 g/mol. The van der Waals surface area contributed by atoms with Crippen molar-refractivity contribution in [2.75, 3.05) is 0 Å². The summed E-state index contributed by atoms with van der Waals surface area (Å²) >= 11 is 0. The summed E-state index contributed by atoms with van der Waals surface area (Å²) in [6.07, 6.45) is 1.31. The predicted molar refractivity (Wildman–Crippen MR) is 106 cm³/mol. The third-order valence-electron chi connectivity index (χ3n) is 5.48. The molecule has 0 bridgehead atoms. The van der Waals surface area contributed by atoms with Crippen molar-refractivity contribution in [1.29, 1.82) is 0 Å². The summed E-state index contributed by atoms with van der Waals surface area (Å²) in [6.45, 7) is 20.6. The van der Waals surface area contributed by atoms with E-state index in [0.717, 1.165) is 0 Å². The number of hydrogen-bond acceptors (Lipinski definition) is 4. The van der Waals surface area contributed by atoms with Gasteiger partial charge >= 0.3 is 7.60 Å². The van der Waals surface area contributed by atoms with Crippen molar-refractivity contribution in [3.05, 3.63) is 6.20 Å². The highest BCUT2D eigenvalue weighted by Gasteiger charge is 2.56. The maximum absolute atomic E-state index is 11.4. The highest BCUT2D eigenvalue weighted by atomic mass is 31.2. The first-order chi connectivity index (χ1) is 11.9. The molecule has 2 rings (SSSR count). The van der Waals surface area contributed by atoms with Crippen LogP contribution in [-0.4, -0.2) is 37.0 Å².